The molecule has 0 aliphatic heterocycles. The number of carbonyl (C=O) groups excluding carboxylic acids is 1. The van der Waals surface area contributed by atoms with E-state index in [0.717, 1.165) is 11.4 Å². The van der Waals surface area contributed by atoms with Gasteiger partial charge in [-0.25, -0.2) is 9.78 Å². The lowest BCUT2D eigenvalue weighted by atomic mass is 10.3. The molecule has 0 radical (unpaired) electrons. The average molecular weight is 283 g/mol. The molecule has 2 rings (SSSR count). The highest BCUT2D eigenvalue weighted by atomic mass is 32.1. The molecular weight excluding hydrogens is 262 g/mol. The summed E-state index contributed by atoms with van der Waals surface area (Å²) in [7, 11) is 0. The van der Waals surface area contributed by atoms with Crippen molar-refractivity contribution < 1.29 is 9.90 Å². The van der Waals surface area contributed by atoms with Crippen molar-refractivity contribution >= 4 is 17.4 Å². The Balaban J connectivity index is 1.80. The van der Waals surface area contributed by atoms with Gasteiger partial charge in [-0.05, 0) is 19.3 Å². The standard InChI is InChI=1S/C13H21N3O2S/c1-2-5-16(6-7-17)13(18)14-8-12-15-11(9-19-12)10-3-4-10/h9-10,17H,2-8H2,1H3,(H,14,18). The molecule has 0 spiro atoms. The van der Waals surface area contributed by atoms with Gasteiger partial charge in [-0.2, -0.15) is 0 Å². The Bertz CT molecular complexity index is 412. The first-order valence-electron chi connectivity index (χ1n) is 6.82. The number of urea groups is 1. The fourth-order valence-electron chi connectivity index (χ4n) is 1.94. The summed E-state index contributed by atoms with van der Waals surface area (Å²) in [6.45, 7) is 3.53. The zero-order chi connectivity index (χ0) is 13.7. The molecule has 5 nitrogen and oxygen atoms in total. The van der Waals surface area contributed by atoms with Gasteiger partial charge in [-0.15, -0.1) is 11.3 Å². The molecule has 6 heteroatoms. The number of hydrogen-bond donors (Lipinski definition) is 2. The molecule has 1 aromatic heterocycles. The van der Waals surface area contributed by atoms with Crippen molar-refractivity contribution in [3.05, 3.63) is 16.1 Å². The Labute approximate surface area is 117 Å². The molecule has 1 saturated carbocycles. The predicted octanol–water partition coefficient (Wildman–Crippen LogP) is 1.93. The third-order valence-corrected chi connectivity index (χ3v) is 3.97. The summed E-state index contributed by atoms with van der Waals surface area (Å²) in [6.07, 6.45) is 3.38. The molecule has 1 fully saturated rings. The molecule has 2 amide bonds. The van der Waals surface area contributed by atoms with Crippen LogP contribution in [-0.4, -0.2) is 40.7 Å². The highest BCUT2D eigenvalue weighted by Gasteiger charge is 2.26. The van der Waals surface area contributed by atoms with Crippen LogP contribution in [0.4, 0.5) is 4.79 Å². The number of aliphatic hydroxyl groups is 1. The van der Waals surface area contributed by atoms with Gasteiger partial charge in [-0.3, -0.25) is 0 Å². The summed E-state index contributed by atoms with van der Waals surface area (Å²) in [5, 5.41) is 14.9. The minimum Gasteiger partial charge on any atom is -0.395 e. The monoisotopic (exact) mass is 283 g/mol. The van der Waals surface area contributed by atoms with Crippen molar-refractivity contribution in [1.29, 1.82) is 0 Å². The minimum atomic E-state index is -0.126. The van der Waals surface area contributed by atoms with Crippen molar-refractivity contribution in [2.24, 2.45) is 0 Å². The number of rotatable bonds is 7. The van der Waals surface area contributed by atoms with E-state index in [1.165, 1.54) is 18.5 Å². The van der Waals surface area contributed by atoms with Crippen LogP contribution in [-0.2, 0) is 6.54 Å². The third-order valence-electron chi connectivity index (χ3n) is 3.11. The van der Waals surface area contributed by atoms with Gasteiger partial charge in [-0.1, -0.05) is 6.92 Å². The summed E-state index contributed by atoms with van der Waals surface area (Å²) < 4.78 is 0. The van der Waals surface area contributed by atoms with E-state index in [2.05, 4.69) is 15.7 Å². The molecule has 0 atom stereocenters. The van der Waals surface area contributed by atoms with Crippen LogP contribution >= 0.6 is 11.3 Å². The smallest absolute Gasteiger partial charge is 0.317 e. The van der Waals surface area contributed by atoms with Crippen LogP contribution in [0.15, 0.2) is 5.38 Å². The van der Waals surface area contributed by atoms with Gasteiger partial charge in [0.15, 0.2) is 0 Å². The lowest BCUT2D eigenvalue weighted by Gasteiger charge is -2.21. The molecule has 1 heterocycles. The molecular formula is C13H21N3O2S. The Kier molecular flexibility index (Phi) is 5.15. The van der Waals surface area contributed by atoms with Crippen molar-refractivity contribution in [3.63, 3.8) is 0 Å². The van der Waals surface area contributed by atoms with Crippen molar-refractivity contribution in [1.82, 2.24) is 15.2 Å². The van der Waals surface area contributed by atoms with E-state index in [0.29, 0.717) is 25.6 Å². The molecule has 1 aliphatic rings. The average Bonchev–Trinajstić information content (AvgIpc) is 3.15. The molecule has 1 aliphatic carbocycles. The number of aromatic nitrogens is 1. The van der Waals surface area contributed by atoms with Crippen molar-refractivity contribution in [3.8, 4) is 0 Å². The van der Waals surface area contributed by atoms with Crippen LogP contribution in [0.2, 0.25) is 0 Å². The van der Waals surface area contributed by atoms with E-state index in [-0.39, 0.29) is 12.6 Å². The second-order valence-corrected chi connectivity index (χ2v) is 5.75. The highest BCUT2D eigenvalue weighted by molar-refractivity contribution is 7.09. The first-order chi connectivity index (χ1) is 9.24. The van der Waals surface area contributed by atoms with E-state index in [1.807, 2.05) is 6.92 Å². The van der Waals surface area contributed by atoms with Gasteiger partial charge in [0.2, 0.25) is 0 Å². The number of amides is 2. The van der Waals surface area contributed by atoms with Crippen molar-refractivity contribution in [2.75, 3.05) is 19.7 Å². The maximum absolute atomic E-state index is 11.9. The SMILES string of the molecule is CCCN(CCO)C(=O)NCc1nc(C2CC2)cs1. The zero-order valence-corrected chi connectivity index (χ0v) is 12.1. The zero-order valence-electron chi connectivity index (χ0n) is 11.3. The molecule has 106 valence electrons. The second-order valence-electron chi connectivity index (χ2n) is 4.81. The number of nitrogens with zero attached hydrogens (tertiary/aromatic N) is 2. The molecule has 1 aromatic rings. The third kappa shape index (κ3) is 4.18. The quantitative estimate of drug-likeness (QED) is 0.803. The molecule has 0 aromatic carbocycles. The highest BCUT2D eigenvalue weighted by Crippen LogP contribution is 2.40. The largest absolute Gasteiger partial charge is 0.395 e. The fourth-order valence-corrected chi connectivity index (χ4v) is 2.76. The lowest BCUT2D eigenvalue weighted by Crippen LogP contribution is -2.41. The second kappa shape index (κ2) is 6.86. The lowest BCUT2D eigenvalue weighted by molar-refractivity contribution is 0.177. The summed E-state index contributed by atoms with van der Waals surface area (Å²) in [5.74, 6) is 0.659. The van der Waals surface area contributed by atoms with Crippen LogP contribution in [0, 0.1) is 0 Å². The number of aliphatic hydroxyl groups excluding tert-OH is 1. The van der Waals surface area contributed by atoms with Crippen LogP contribution in [0.1, 0.15) is 42.8 Å². The fraction of sp³-hybridized carbons (Fsp3) is 0.692. The number of hydrogen-bond acceptors (Lipinski definition) is 4. The van der Waals surface area contributed by atoms with E-state index >= 15 is 0 Å². The molecule has 2 N–H and O–H groups in total. The molecule has 0 unspecified atom stereocenters. The Hall–Kier alpha value is -1.14. The number of nitrogens with one attached hydrogen (secondary N) is 1. The molecule has 0 saturated heterocycles. The first-order valence-corrected chi connectivity index (χ1v) is 7.70. The summed E-state index contributed by atoms with van der Waals surface area (Å²) in [6, 6.07) is -0.126. The Morgan fingerprint density at radius 1 is 1.58 bits per heavy atom. The molecule has 0 bridgehead atoms. The summed E-state index contributed by atoms with van der Waals surface area (Å²) in [4.78, 5) is 18.1. The Morgan fingerprint density at radius 2 is 2.37 bits per heavy atom. The van der Waals surface area contributed by atoms with Crippen LogP contribution in [0.5, 0.6) is 0 Å². The maximum Gasteiger partial charge on any atom is 0.317 e. The minimum absolute atomic E-state index is 0.00347. The van der Waals surface area contributed by atoms with Gasteiger partial charge in [0.25, 0.3) is 0 Å². The molecule has 19 heavy (non-hydrogen) atoms. The van der Waals surface area contributed by atoms with Crippen LogP contribution in [0.25, 0.3) is 0 Å². The first kappa shape index (κ1) is 14.3. The van der Waals surface area contributed by atoms with E-state index in [4.69, 9.17) is 5.11 Å². The van der Waals surface area contributed by atoms with E-state index in [1.54, 1.807) is 16.2 Å². The predicted molar refractivity (Wildman–Crippen MR) is 75.3 cm³/mol. The van der Waals surface area contributed by atoms with Gasteiger partial charge in [0.05, 0.1) is 18.8 Å². The van der Waals surface area contributed by atoms with E-state index < -0.39 is 0 Å². The maximum atomic E-state index is 11.9. The van der Waals surface area contributed by atoms with Gasteiger partial charge >= 0.3 is 6.03 Å². The van der Waals surface area contributed by atoms with Gasteiger partial charge in [0.1, 0.15) is 5.01 Å². The van der Waals surface area contributed by atoms with Gasteiger partial charge < -0.3 is 15.3 Å². The van der Waals surface area contributed by atoms with Gasteiger partial charge in [0, 0.05) is 24.4 Å². The summed E-state index contributed by atoms with van der Waals surface area (Å²) >= 11 is 1.60. The van der Waals surface area contributed by atoms with Crippen LogP contribution < -0.4 is 5.32 Å². The number of carbonyl (C=O) groups is 1. The topological polar surface area (TPSA) is 65.5 Å². The van der Waals surface area contributed by atoms with E-state index in [9.17, 15) is 4.79 Å². The normalized spacial score (nSPS) is 14.4. The summed E-state index contributed by atoms with van der Waals surface area (Å²) in [5.41, 5.74) is 1.18. The van der Waals surface area contributed by atoms with Crippen molar-refractivity contribution in [2.45, 2.75) is 38.6 Å². The number of thiazole rings is 1. The Morgan fingerprint density at radius 3 is 3.00 bits per heavy atom. The van der Waals surface area contributed by atoms with Crippen LogP contribution in [0.3, 0.4) is 0 Å².